The number of morpholine rings is 1. The Bertz CT molecular complexity index is 757. The molecule has 25 heavy (non-hydrogen) atoms. The van der Waals surface area contributed by atoms with Crippen LogP contribution in [0.15, 0.2) is 35.7 Å². The number of hydrogen-bond donors (Lipinski definition) is 0. The second-order valence-electron chi connectivity index (χ2n) is 5.80. The first-order chi connectivity index (χ1) is 12.1. The van der Waals surface area contributed by atoms with Crippen molar-refractivity contribution in [2.24, 2.45) is 0 Å². The third-order valence-electron chi connectivity index (χ3n) is 4.09. The second-order valence-corrected chi connectivity index (χ2v) is 6.83. The topological polar surface area (TPSA) is 75.9 Å². The molecule has 0 radical (unpaired) electrons. The van der Waals surface area contributed by atoms with Crippen LogP contribution in [0.25, 0.3) is 0 Å². The average Bonchev–Trinajstić information content (AvgIpc) is 3.14. The van der Waals surface area contributed by atoms with E-state index in [9.17, 15) is 14.9 Å². The zero-order valence-electron chi connectivity index (χ0n) is 13.9. The monoisotopic (exact) mass is 361 g/mol. The van der Waals surface area contributed by atoms with Crippen LogP contribution in [0, 0.1) is 10.1 Å². The van der Waals surface area contributed by atoms with E-state index in [1.165, 1.54) is 6.07 Å². The molecule has 1 amide bonds. The Kier molecular flexibility index (Phi) is 5.30. The van der Waals surface area contributed by atoms with Gasteiger partial charge in [0.1, 0.15) is 5.69 Å². The molecular weight excluding hydrogens is 342 g/mol. The fraction of sp³-hybridized carbons (Fsp3) is 0.353. The predicted octanol–water partition coefficient (Wildman–Crippen LogP) is 2.77. The maximum absolute atomic E-state index is 12.6. The summed E-state index contributed by atoms with van der Waals surface area (Å²) >= 11 is 1.57. The van der Waals surface area contributed by atoms with Gasteiger partial charge in [0.2, 0.25) is 0 Å². The lowest BCUT2D eigenvalue weighted by atomic mass is 10.1. The zero-order valence-corrected chi connectivity index (χ0v) is 14.7. The van der Waals surface area contributed by atoms with Crippen LogP contribution in [-0.2, 0) is 11.3 Å². The molecule has 132 valence electrons. The third kappa shape index (κ3) is 3.97. The van der Waals surface area contributed by atoms with Crippen molar-refractivity contribution < 1.29 is 14.5 Å². The maximum Gasteiger partial charge on any atom is 0.293 e. The van der Waals surface area contributed by atoms with Crippen LogP contribution in [0.5, 0.6) is 0 Å². The highest BCUT2D eigenvalue weighted by molar-refractivity contribution is 7.09. The lowest BCUT2D eigenvalue weighted by Gasteiger charge is -2.28. The van der Waals surface area contributed by atoms with Gasteiger partial charge in [-0.05, 0) is 23.6 Å². The van der Waals surface area contributed by atoms with Crippen molar-refractivity contribution in [3.63, 3.8) is 0 Å². The van der Waals surface area contributed by atoms with Crippen molar-refractivity contribution >= 4 is 28.6 Å². The lowest BCUT2D eigenvalue weighted by Crippen LogP contribution is -2.36. The molecule has 0 bridgehead atoms. The van der Waals surface area contributed by atoms with Gasteiger partial charge in [-0.1, -0.05) is 6.07 Å². The Morgan fingerprint density at radius 1 is 1.36 bits per heavy atom. The Labute approximate surface area is 149 Å². The summed E-state index contributed by atoms with van der Waals surface area (Å²) < 4.78 is 5.29. The number of hydrogen-bond acceptors (Lipinski definition) is 6. The summed E-state index contributed by atoms with van der Waals surface area (Å²) in [6, 6.07) is 8.58. The minimum Gasteiger partial charge on any atom is -0.378 e. The van der Waals surface area contributed by atoms with Crippen molar-refractivity contribution in [3.8, 4) is 0 Å². The van der Waals surface area contributed by atoms with Crippen LogP contribution in [0.2, 0.25) is 0 Å². The molecule has 2 heterocycles. The van der Waals surface area contributed by atoms with Crippen LogP contribution in [-0.4, -0.2) is 49.1 Å². The van der Waals surface area contributed by atoms with E-state index in [1.54, 1.807) is 35.4 Å². The smallest absolute Gasteiger partial charge is 0.293 e. The Balaban J connectivity index is 1.83. The van der Waals surface area contributed by atoms with Crippen LogP contribution in [0.1, 0.15) is 15.2 Å². The van der Waals surface area contributed by atoms with Gasteiger partial charge in [0.05, 0.1) is 24.7 Å². The fourth-order valence-electron chi connectivity index (χ4n) is 2.80. The first-order valence-electron chi connectivity index (χ1n) is 7.95. The minimum absolute atomic E-state index is 0.0442. The lowest BCUT2D eigenvalue weighted by molar-refractivity contribution is -0.384. The summed E-state index contributed by atoms with van der Waals surface area (Å²) in [6.45, 7) is 2.77. The molecule has 1 aliphatic heterocycles. The van der Waals surface area contributed by atoms with Crippen LogP contribution >= 0.6 is 11.3 Å². The number of benzene rings is 1. The van der Waals surface area contributed by atoms with Crippen molar-refractivity contribution in [1.82, 2.24) is 4.90 Å². The van der Waals surface area contributed by atoms with Gasteiger partial charge in [-0.15, -0.1) is 11.3 Å². The number of carbonyl (C=O) groups excluding carboxylic acids is 1. The number of nitrogens with zero attached hydrogens (tertiary/aromatic N) is 3. The van der Waals surface area contributed by atoms with E-state index in [4.69, 9.17) is 4.74 Å². The molecule has 0 spiro atoms. The maximum atomic E-state index is 12.6. The van der Waals surface area contributed by atoms with Crippen LogP contribution in [0.4, 0.5) is 11.4 Å². The highest BCUT2D eigenvalue weighted by Crippen LogP contribution is 2.30. The van der Waals surface area contributed by atoms with Crippen LogP contribution < -0.4 is 4.90 Å². The number of ether oxygens (including phenoxy) is 1. The Hall–Kier alpha value is -2.45. The van der Waals surface area contributed by atoms with Crippen molar-refractivity contribution in [2.45, 2.75) is 6.54 Å². The van der Waals surface area contributed by atoms with Crippen LogP contribution in [0.3, 0.4) is 0 Å². The van der Waals surface area contributed by atoms with E-state index in [-0.39, 0.29) is 11.6 Å². The molecule has 3 rings (SSSR count). The van der Waals surface area contributed by atoms with Crippen molar-refractivity contribution in [1.29, 1.82) is 0 Å². The fourth-order valence-corrected chi connectivity index (χ4v) is 3.56. The van der Waals surface area contributed by atoms with E-state index in [2.05, 4.69) is 0 Å². The molecule has 1 aromatic carbocycles. The summed E-state index contributed by atoms with van der Waals surface area (Å²) in [6.07, 6.45) is 0. The van der Waals surface area contributed by atoms with Gasteiger partial charge in [0, 0.05) is 36.6 Å². The number of amides is 1. The number of carbonyl (C=O) groups is 1. The van der Waals surface area contributed by atoms with Gasteiger partial charge >= 0.3 is 0 Å². The molecule has 1 aliphatic rings. The number of nitro groups is 1. The van der Waals surface area contributed by atoms with E-state index in [1.807, 2.05) is 22.4 Å². The molecule has 1 fully saturated rings. The van der Waals surface area contributed by atoms with Gasteiger partial charge in [-0.3, -0.25) is 14.9 Å². The standard InChI is InChI=1S/C17H19N3O4S/c1-18(12-14-3-2-10-25-14)17(21)13-4-5-15(16(11-13)20(22)23)19-6-8-24-9-7-19/h2-5,10-11H,6-9,12H2,1H3. The third-order valence-corrected chi connectivity index (χ3v) is 4.95. The SMILES string of the molecule is CN(Cc1cccs1)C(=O)c1ccc(N2CCOCC2)c([N+](=O)[O-])c1. The predicted molar refractivity (Wildman–Crippen MR) is 96.2 cm³/mol. The highest BCUT2D eigenvalue weighted by atomic mass is 32.1. The molecule has 8 heteroatoms. The largest absolute Gasteiger partial charge is 0.378 e. The summed E-state index contributed by atoms with van der Waals surface area (Å²) in [4.78, 5) is 28.2. The molecule has 7 nitrogen and oxygen atoms in total. The first kappa shape index (κ1) is 17.4. The van der Waals surface area contributed by atoms with Crippen molar-refractivity contribution in [2.75, 3.05) is 38.3 Å². The first-order valence-corrected chi connectivity index (χ1v) is 8.83. The minimum atomic E-state index is -0.430. The number of thiophene rings is 1. The molecule has 0 atom stereocenters. The average molecular weight is 361 g/mol. The molecule has 0 aliphatic carbocycles. The van der Waals surface area contributed by atoms with Crippen molar-refractivity contribution in [3.05, 3.63) is 56.3 Å². The number of nitro benzene ring substituents is 1. The normalized spacial score (nSPS) is 14.4. The van der Waals surface area contributed by atoms with E-state index >= 15 is 0 Å². The number of rotatable bonds is 5. The summed E-state index contributed by atoms with van der Waals surface area (Å²) in [5.74, 6) is -0.231. The molecular formula is C17H19N3O4S. The molecule has 0 N–H and O–H groups in total. The number of anilines is 1. The highest BCUT2D eigenvalue weighted by Gasteiger charge is 2.24. The summed E-state index contributed by atoms with van der Waals surface area (Å²) in [5.41, 5.74) is 0.811. The summed E-state index contributed by atoms with van der Waals surface area (Å²) in [7, 11) is 1.70. The van der Waals surface area contributed by atoms with Gasteiger partial charge in [-0.2, -0.15) is 0 Å². The van der Waals surface area contributed by atoms with E-state index < -0.39 is 4.92 Å². The quantitative estimate of drug-likeness (QED) is 0.605. The van der Waals surface area contributed by atoms with Gasteiger partial charge in [0.15, 0.2) is 0 Å². The molecule has 0 unspecified atom stereocenters. The van der Waals surface area contributed by atoms with E-state index in [0.717, 1.165) is 4.88 Å². The van der Waals surface area contributed by atoms with E-state index in [0.29, 0.717) is 44.1 Å². The summed E-state index contributed by atoms with van der Waals surface area (Å²) in [5, 5.41) is 13.4. The Morgan fingerprint density at radius 2 is 2.12 bits per heavy atom. The molecule has 1 aromatic heterocycles. The zero-order chi connectivity index (χ0) is 17.8. The van der Waals surface area contributed by atoms with Gasteiger partial charge in [-0.25, -0.2) is 0 Å². The van der Waals surface area contributed by atoms with Gasteiger partial charge < -0.3 is 14.5 Å². The molecule has 0 saturated carbocycles. The molecule has 2 aromatic rings. The molecule has 1 saturated heterocycles. The van der Waals surface area contributed by atoms with Gasteiger partial charge in [0.25, 0.3) is 11.6 Å². The second kappa shape index (κ2) is 7.62. The Morgan fingerprint density at radius 3 is 2.76 bits per heavy atom.